The van der Waals surface area contributed by atoms with Crippen molar-refractivity contribution in [1.82, 2.24) is 19.7 Å². The van der Waals surface area contributed by atoms with Gasteiger partial charge in [-0.15, -0.1) is 5.10 Å². The molecule has 1 atom stereocenters. The normalized spacial score (nSPS) is 16.9. The van der Waals surface area contributed by atoms with Crippen LogP contribution in [0.25, 0.3) is 0 Å². The van der Waals surface area contributed by atoms with Crippen molar-refractivity contribution < 1.29 is 5.11 Å². The summed E-state index contributed by atoms with van der Waals surface area (Å²) in [7, 11) is 1.89. The Kier molecular flexibility index (Phi) is 4.49. The Morgan fingerprint density at radius 1 is 1.29 bits per heavy atom. The molecule has 1 aliphatic rings. The summed E-state index contributed by atoms with van der Waals surface area (Å²) < 4.78 is 1.86. The van der Waals surface area contributed by atoms with Gasteiger partial charge >= 0.3 is 0 Å². The van der Waals surface area contributed by atoms with Crippen LogP contribution in [0.3, 0.4) is 0 Å². The largest absolute Gasteiger partial charge is 0.385 e. The number of rotatable bonds is 3. The van der Waals surface area contributed by atoms with E-state index in [4.69, 9.17) is 0 Å². The number of aryl methyl sites for hydroxylation is 2. The highest BCUT2D eigenvalue weighted by Gasteiger charge is 2.30. The lowest BCUT2D eigenvalue weighted by Crippen LogP contribution is -2.37. The van der Waals surface area contributed by atoms with Crippen LogP contribution < -0.4 is 4.90 Å². The lowest BCUT2D eigenvalue weighted by molar-refractivity contribution is 0.0824. The Hall–Kier alpha value is -2.46. The first-order valence-electron chi connectivity index (χ1n) is 8.17. The Labute approximate surface area is 141 Å². The van der Waals surface area contributed by atoms with E-state index in [2.05, 4.69) is 26.2 Å². The first kappa shape index (κ1) is 16.4. The molecule has 1 N–H and O–H groups in total. The molecule has 2 aromatic rings. The molecule has 0 aromatic carbocycles. The smallest absolute Gasteiger partial charge is 0.169 e. The topological polar surface area (TPSA) is 90.9 Å². The van der Waals surface area contributed by atoms with Crippen molar-refractivity contribution >= 4 is 5.82 Å². The van der Waals surface area contributed by atoms with E-state index in [9.17, 15) is 10.4 Å². The van der Waals surface area contributed by atoms with Gasteiger partial charge in [0.15, 0.2) is 5.82 Å². The number of nitriles is 1. The minimum atomic E-state index is -0.562. The van der Waals surface area contributed by atoms with Gasteiger partial charge < -0.3 is 14.6 Å². The first-order chi connectivity index (χ1) is 11.5. The highest BCUT2D eigenvalue weighted by molar-refractivity contribution is 5.57. The van der Waals surface area contributed by atoms with Crippen molar-refractivity contribution in [3.05, 3.63) is 35.0 Å². The lowest BCUT2D eigenvalue weighted by Gasteiger charge is -2.35. The second-order valence-electron chi connectivity index (χ2n) is 6.39. The molecule has 3 rings (SSSR count). The second kappa shape index (κ2) is 6.57. The number of aliphatic hydroxyl groups is 1. The predicted octanol–water partition coefficient (Wildman–Crippen LogP) is 1.65. The van der Waals surface area contributed by atoms with Gasteiger partial charge in [-0.25, -0.2) is 4.98 Å². The Balaban J connectivity index is 1.73. The van der Waals surface area contributed by atoms with Crippen LogP contribution in [0.15, 0.2) is 12.4 Å². The fourth-order valence-corrected chi connectivity index (χ4v) is 3.25. The molecule has 7 nitrogen and oxygen atoms in total. The molecule has 126 valence electrons. The molecule has 1 fully saturated rings. The minimum absolute atomic E-state index is 0.160. The molecular formula is C17H22N6O. The standard InChI is InChI=1S/C17H22N6O/c1-11-12(2)20-21-16(14(11)10-18)23-7-4-13(5-8-23)15(24)17-19-6-9-22(17)3/h6,9,13,15,24H,4-5,7-8H2,1-3H3. The van der Waals surface area contributed by atoms with Gasteiger partial charge in [0, 0.05) is 32.5 Å². The third kappa shape index (κ3) is 2.85. The Bertz CT molecular complexity index is 770. The van der Waals surface area contributed by atoms with E-state index in [1.165, 1.54) is 0 Å². The fourth-order valence-electron chi connectivity index (χ4n) is 3.25. The number of hydrogen-bond acceptors (Lipinski definition) is 6. The third-order valence-corrected chi connectivity index (χ3v) is 4.96. The number of piperidine rings is 1. The maximum Gasteiger partial charge on any atom is 0.169 e. The molecule has 0 amide bonds. The summed E-state index contributed by atoms with van der Waals surface area (Å²) in [6.45, 7) is 5.27. The van der Waals surface area contributed by atoms with Crippen molar-refractivity contribution in [2.24, 2.45) is 13.0 Å². The molecule has 0 radical (unpaired) electrons. The molecule has 0 spiro atoms. The van der Waals surface area contributed by atoms with Crippen molar-refractivity contribution in [2.45, 2.75) is 32.8 Å². The number of nitrogens with zero attached hydrogens (tertiary/aromatic N) is 6. The monoisotopic (exact) mass is 326 g/mol. The average molecular weight is 326 g/mol. The van der Waals surface area contributed by atoms with Gasteiger partial charge in [0.2, 0.25) is 0 Å². The molecule has 1 saturated heterocycles. The van der Waals surface area contributed by atoms with Crippen LogP contribution in [0.5, 0.6) is 0 Å². The summed E-state index contributed by atoms with van der Waals surface area (Å²) in [5.74, 6) is 1.52. The molecule has 24 heavy (non-hydrogen) atoms. The quantitative estimate of drug-likeness (QED) is 0.922. The summed E-state index contributed by atoms with van der Waals surface area (Å²) in [4.78, 5) is 6.35. The average Bonchev–Trinajstić information content (AvgIpc) is 3.02. The van der Waals surface area contributed by atoms with Crippen LogP contribution in [0.4, 0.5) is 5.82 Å². The predicted molar refractivity (Wildman–Crippen MR) is 89.3 cm³/mol. The van der Waals surface area contributed by atoms with E-state index >= 15 is 0 Å². The number of anilines is 1. The lowest BCUT2D eigenvalue weighted by atomic mass is 9.90. The molecule has 0 bridgehead atoms. The van der Waals surface area contributed by atoms with Crippen LogP contribution in [-0.2, 0) is 7.05 Å². The van der Waals surface area contributed by atoms with E-state index in [1.807, 2.05) is 31.7 Å². The molecule has 1 aliphatic heterocycles. The van der Waals surface area contributed by atoms with Gasteiger partial charge in [-0.05, 0) is 38.2 Å². The Morgan fingerprint density at radius 2 is 2.00 bits per heavy atom. The summed E-state index contributed by atoms with van der Waals surface area (Å²) in [6, 6.07) is 2.26. The van der Waals surface area contributed by atoms with Gasteiger partial charge in [-0.1, -0.05) is 0 Å². The Morgan fingerprint density at radius 3 is 2.58 bits per heavy atom. The summed E-state index contributed by atoms with van der Waals surface area (Å²) in [5, 5.41) is 28.4. The maximum absolute atomic E-state index is 10.6. The zero-order chi connectivity index (χ0) is 17.3. The number of imidazole rings is 1. The highest BCUT2D eigenvalue weighted by Crippen LogP contribution is 2.32. The van der Waals surface area contributed by atoms with Crippen LogP contribution >= 0.6 is 0 Å². The van der Waals surface area contributed by atoms with Crippen molar-refractivity contribution in [2.75, 3.05) is 18.0 Å². The molecule has 7 heteroatoms. The molecular weight excluding hydrogens is 304 g/mol. The van der Waals surface area contributed by atoms with E-state index in [-0.39, 0.29) is 5.92 Å². The van der Waals surface area contributed by atoms with Gasteiger partial charge in [-0.3, -0.25) is 0 Å². The number of aliphatic hydroxyl groups excluding tert-OH is 1. The van der Waals surface area contributed by atoms with Crippen LogP contribution in [0.1, 0.15) is 41.6 Å². The minimum Gasteiger partial charge on any atom is -0.385 e. The third-order valence-electron chi connectivity index (χ3n) is 4.96. The maximum atomic E-state index is 10.6. The molecule has 2 aromatic heterocycles. The highest BCUT2D eigenvalue weighted by atomic mass is 16.3. The van der Waals surface area contributed by atoms with Crippen molar-refractivity contribution in [3.8, 4) is 6.07 Å². The van der Waals surface area contributed by atoms with Crippen LogP contribution in [-0.4, -0.2) is 37.9 Å². The van der Waals surface area contributed by atoms with Crippen LogP contribution in [0.2, 0.25) is 0 Å². The van der Waals surface area contributed by atoms with Gasteiger partial charge in [0.25, 0.3) is 0 Å². The molecule has 1 unspecified atom stereocenters. The van der Waals surface area contributed by atoms with Crippen molar-refractivity contribution in [1.29, 1.82) is 5.26 Å². The summed E-state index contributed by atoms with van der Waals surface area (Å²) in [6.07, 6.45) is 4.64. The van der Waals surface area contributed by atoms with Gasteiger partial charge in [-0.2, -0.15) is 10.4 Å². The summed E-state index contributed by atoms with van der Waals surface area (Å²) in [5.41, 5.74) is 2.28. The molecule has 0 aliphatic carbocycles. The number of hydrogen-bond donors (Lipinski definition) is 1. The molecule has 0 saturated carbocycles. The fraction of sp³-hybridized carbons (Fsp3) is 0.529. The van der Waals surface area contributed by atoms with Crippen LogP contribution in [0, 0.1) is 31.1 Å². The van der Waals surface area contributed by atoms with E-state index in [0.717, 1.165) is 37.2 Å². The zero-order valence-corrected chi connectivity index (χ0v) is 14.3. The first-order valence-corrected chi connectivity index (χ1v) is 8.17. The van der Waals surface area contributed by atoms with Gasteiger partial charge in [0.05, 0.1) is 5.69 Å². The van der Waals surface area contributed by atoms with E-state index < -0.39 is 6.10 Å². The second-order valence-corrected chi connectivity index (χ2v) is 6.39. The zero-order valence-electron chi connectivity index (χ0n) is 14.3. The van der Waals surface area contributed by atoms with Gasteiger partial charge in [0.1, 0.15) is 23.6 Å². The summed E-state index contributed by atoms with van der Waals surface area (Å²) >= 11 is 0. The molecule has 3 heterocycles. The van der Waals surface area contributed by atoms with E-state index in [0.29, 0.717) is 17.2 Å². The SMILES string of the molecule is Cc1nnc(N2CCC(C(O)c3nccn3C)CC2)c(C#N)c1C. The van der Waals surface area contributed by atoms with Crippen molar-refractivity contribution in [3.63, 3.8) is 0 Å². The van der Waals surface area contributed by atoms with E-state index in [1.54, 1.807) is 6.20 Å². The number of aromatic nitrogens is 4.